The molecule has 0 radical (unpaired) electrons. The molecular weight excluding hydrogens is 229 g/mol. The second kappa shape index (κ2) is 5.28. The number of anilines is 1. The molecule has 2 aromatic rings. The molecule has 0 unspecified atom stereocenters. The van der Waals surface area contributed by atoms with E-state index in [1.54, 1.807) is 18.3 Å². The number of pyridine rings is 1. The van der Waals surface area contributed by atoms with E-state index in [0.717, 1.165) is 11.3 Å². The summed E-state index contributed by atoms with van der Waals surface area (Å²) >= 11 is 0. The van der Waals surface area contributed by atoms with Crippen molar-refractivity contribution in [2.75, 3.05) is 11.9 Å². The summed E-state index contributed by atoms with van der Waals surface area (Å²) in [5.74, 6) is -0.242. The SMILES string of the molecule is CN(Cc1cccc(F)c1)c1ccnc(C#N)c1. The highest BCUT2D eigenvalue weighted by atomic mass is 19.1. The highest BCUT2D eigenvalue weighted by molar-refractivity contribution is 5.48. The Bertz CT molecular complexity index is 590. The van der Waals surface area contributed by atoms with Crippen molar-refractivity contribution in [3.63, 3.8) is 0 Å². The predicted molar refractivity (Wildman–Crippen MR) is 67.5 cm³/mol. The molecule has 0 bridgehead atoms. The molecular formula is C14H12FN3. The zero-order valence-corrected chi connectivity index (χ0v) is 9.97. The van der Waals surface area contributed by atoms with Crippen LogP contribution < -0.4 is 4.90 Å². The van der Waals surface area contributed by atoms with Gasteiger partial charge in [-0.15, -0.1) is 0 Å². The van der Waals surface area contributed by atoms with E-state index in [2.05, 4.69) is 4.98 Å². The van der Waals surface area contributed by atoms with E-state index in [1.807, 2.05) is 30.1 Å². The largest absolute Gasteiger partial charge is 0.370 e. The van der Waals surface area contributed by atoms with Gasteiger partial charge in [0.05, 0.1) is 0 Å². The number of benzene rings is 1. The molecule has 0 amide bonds. The van der Waals surface area contributed by atoms with Gasteiger partial charge in [0, 0.05) is 25.5 Å². The Balaban J connectivity index is 2.17. The molecule has 90 valence electrons. The van der Waals surface area contributed by atoms with E-state index in [-0.39, 0.29) is 5.82 Å². The third-order valence-corrected chi connectivity index (χ3v) is 2.61. The molecule has 0 aliphatic heterocycles. The first-order chi connectivity index (χ1) is 8.69. The summed E-state index contributed by atoms with van der Waals surface area (Å²) in [6, 6.07) is 12.0. The second-order valence-corrected chi connectivity index (χ2v) is 4.00. The number of nitrogens with zero attached hydrogens (tertiary/aromatic N) is 3. The molecule has 0 fully saturated rings. The molecule has 1 aromatic heterocycles. The van der Waals surface area contributed by atoms with Gasteiger partial charge in [-0.05, 0) is 29.8 Å². The number of rotatable bonds is 3. The Morgan fingerprint density at radius 3 is 2.89 bits per heavy atom. The van der Waals surface area contributed by atoms with Gasteiger partial charge in [0.2, 0.25) is 0 Å². The van der Waals surface area contributed by atoms with E-state index in [9.17, 15) is 4.39 Å². The lowest BCUT2D eigenvalue weighted by atomic mass is 10.2. The van der Waals surface area contributed by atoms with E-state index < -0.39 is 0 Å². The van der Waals surface area contributed by atoms with Crippen LogP contribution in [0.1, 0.15) is 11.3 Å². The van der Waals surface area contributed by atoms with Crippen molar-refractivity contribution in [2.45, 2.75) is 6.54 Å². The van der Waals surface area contributed by atoms with Gasteiger partial charge in [-0.25, -0.2) is 9.37 Å². The third-order valence-electron chi connectivity index (χ3n) is 2.61. The van der Waals surface area contributed by atoms with E-state index in [4.69, 9.17) is 5.26 Å². The molecule has 18 heavy (non-hydrogen) atoms. The molecule has 1 aromatic carbocycles. The van der Waals surface area contributed by atoms with E-state index in [1.165, 1.54) is 12.1 Å². The Morgan fingerprint density at radius 1 is 1.33 bits per heavy atom. The van der Waals surface area contributed by atoms with Crippen LogP contribution in [0, 0.1) is 17.1 Å². The fraction of sp³-hybridized carbons (Fsp3) is 0.143. The van der Waals surface area contributed by atoms with Crippen LogP contribution in [-0.2, 0) is 6.54 Å². The molecule has 0 spiro atoms. The fourth-order valence-corrected chi connectivity index (χ4v) is 1.72. The molecule has 0 N–H and O–H groups in total. The quantitative estimate of drug-likeness (QED) is 0.829. The van der Waals surface area contributed by atoms with Crippen LogP contribution in [0.25, 0.3) is 0 Å². The number of halogens is 1. The Morgan fingerprint density at radius 2 is 2.17 bits per heavy atom. The summed E-state index contributed by atoms with van der Waals surface area (Å²) in [6.45, 7) is 0.576. The van der Waals surface area contributed by atoms with Crippen molar-refractivity contribution >= 4 is 5.69 Å². The second-order valence-electron chi connectivity index (χ2n) is 4.00. The summed E-state index contributed by atoms with van der Waals surface area (Å²) < 4.78 is 13.1. The van der Waals surface area contributed by atoms with Crippen molar-refractivity contribution in [1.82, 2.24) is 4.98 Å². The molecule has 0 saturated heterocycles. The average Bonchev–Trinajstić information content (AvgIpc) is 2.39. The van der Waals surface area contributed by atoms with Crippen molar-refractivity contribution in [3.8, 4) is 6.07 Å². The van der Waals surface area contributed by atoms with Crippen molar-refractivity contribution in [3.05, 3.63) is 59.7 Å². The van der Waals surface area contributed by atoms with Crippen molar-refractivity contribution in [2.24, 2.45) is 0 Å². The predicted octanol–water partition coefficient (Wildman–Crippen LogP) is 2.73. The molecule has 1 heterocycles. The molecule has 0 saturated carbocycles. The van der Waals surface area contributed by atoms with Crippen LogP contribution in [0.4, 0.5) is 10.1 Å². The molecule has 4 heteroatoms. The highest BCUT2D eigenvalue weighted by Crippen LogP contribution is 2.16. The summed E-state index contributed by atoms with van der Waals surface area (Å²) in [7, 11) is 1.89. The van der Waals surface area contributed by atoms with Gasteiger partial charge >= 0.3 is 0 Å². The average molecular weight is 241 g/mol. The van der Waals surface area contributed by atoms with E-state index in [0.29, 0.717) is 12.2 Å². The maximum absolute atomic E-state index is 13.1. The number of hydrogen-bond acceptors (Lipinski definition) is 3. The van der Waals surface area contributed by atoms with Crippen molar-refractivity contribution < 1.29 is 4.39 Å². The van der Waals surface area contributed by atoms with E-state index >= 15 is 0 Å². The van der Waals surface area contributed by atoms with Crippen LogP contribution in [-0.4, -0.2) is 12.0 Å². The smallest absolute Gasteiger partial charge is 0.142 e. The number of nitriles is 1. The minimum Gasteiger partial charge on any atom is -0.370 e. The topological polar surface area (TPSA) is 39.9 Å². The molecule has 2 rings (SSSR count). The highest BCUT2D eigenvalue weighted by Gasteiger charge is 2.04. The lowest BCUT2D eigenvalue weighted by Gasteiger charge is -2.19. The van der Waals surface area contributed by atoms with Gasteiger partial charge in [-0.2, -0.15) is 5.26 Å². The summed E-state index contributed by atoms with van der Waals surface area (Å²) in [6.07, 6.45) is 1.59. The van der Waals surface area contributed by atoms with Gasteiger partial charge in [0.1, 0.15) is 17.6 Å². The third kappa shape index (κ3) is 2.83. The first kappa shape index (κ1) is 12.1. The van der Waals surface area contributed by atoms with Crippen LogP contribution >= 0.6 is 0 Å². The zero-order chi connectivity index (χ0) is 13.0. The van der Waals surface area contributed by atoms with Crippen LogP contribution in [0.3, 0.4) is 0 Å². The fourth-order valence-electron chi connectivity index (χ4n) is 1.72. The monoisotopic (exact) mass is 241 g/mol. The number of aromatic nitrogens is 1. The Hall–Kier alpha value is -2.41. The number of hydrogen-bond donors (Lipinski definition) is 0. The minimum atomic E-state index is -0.242. The van der Waals surface area contributed by atoms with Gasteiger partial charge in [-0.1, -0.05) is 12.1 Å². The van der Waals surface area contributed by atoms with Crippen molar-refractivity contribution in [1.29, 1.82) is 5.26 Å². The van der Waals surface area contributed by atoms with Gasteiger partial charge in [-0.3, -0.25) is 0 Å². The summed E-state index contributed by atoms with van der Waals surface area (Å²) in [5.41, 5.74) is 2.14. The van der Waals surface area contributed by atoms with Crippen LogP contribution in [0.5, 0.6) is 0 Å². The lowest BCUT2D eigenvalue weighted by Crippen LogP contribution is -2.16. The maximum atomic E-state index is 13.1. The maximum Gasteiger partial charge on any atom is 0.142 e. The van der Waals surface area contributed by atoms with Crippen LogP contribution in [0.2, 0.25) is 0 Å². The molecule has 3 nitrogen and oxygen atoms in total. The Labute approximate surface area is 105 Å². The summed E-state index contributed by atoms with van der Waals surface area (Å²) in [5, 5.41) is 8.79. The lowest BCUT2D eigenvalue weighted by molar-refractivity contribution is 0.625. The first-order valence-electron chi connectivity index (χ1n) is 5.51. The van der Waals surface area contributed by atoms with Gasteiger partial charge in [0.25, 0.3) is 0 Å². The van der Waals surface area contributed by atoms with Gasteiger partial charge < -0.3 is 4.90 Å². The Kier molecular flexibility index (Phi) is 3.54. The summed E-state index contributed by atoms with van der Waals surface area (Å²) in [4.78, 5) is 5.86. The molecule has 0 aliphatic rings. The standard InChI is InChI=1S/C14H12FN3/c1-18(10-11-3-2-4-12(15)7-11)14-5-6-17-13(8-14)9-16/h2-8H,10H2,1H3. The zero-order valence-electron chi connectivity index (χ0n) is 9.97. The van der Waals surface area contributed by atoms with Gasteiger partial charge in [0.15, 0.2) is 0 Å². The minimum absolute atomic E-state index is 0.242. The normalized spacial score (nSPS) is 9.83. The first-order valence-corrected chi connectivity index (χ1v) is 5.51. The molecule has 0 atom stereocenters. The van der Waals surface area contributed by atoms with Crippen LogP contribution in [0.15, 0.2) is 42.6 Å². The molecule has 0 aliphatic carbocycles.